The van der Waals surface area contributed by atoms with Gasteiger partial charge in [-0.1, -0.05) is 0 Å². The lowest BCUT2D eigenvalue weighted by atomic mass is 10.1. The third-order valence-electron chi connectivity index (χ3n) is 3.94. The van der Waals surface area contributed by atoms with Crippen LogP contribution in [0.2, 0.25) is 0 Å². The van der Waals surface area contributed by atoms with Gasteiger partial charge in [0.25, 0.3) is 5.91 Å². The Labute approximate surface area is 128 Å². The minimum atomic E-state index is -0.0886. The van der Waals surface area contributed by atoms with Gasteiger partial charge in [0.2, 0.25) is 0 Å². The second-order valence-corrected chi connectivity index (χ2v) is 5.57. The van der Waals surface area contributed by atoms with E-state index in [4.69, 9.17) is 4.74 Å². The van der Waals surface area contributed by atoms with Crippen molar-refractivity contribution in [3.8, 4) is 5.69 Å². The Morgan fingerprint density at radius 2 is 2.36 bits per heavy atom. The van der Waals surface area contributed by atoms with E-state index >= 15 is 0 Å². The number of rotatable bonds is 4. The fourth-order valence-electron chi connectivity index (χ4n) is 2.71. The zero-order valence-electron chi connectivity index (χ0n) is 12.7. The molecule has 1 fully saturated rings. The quantitative estimate of drug-likeness (QED) is 0.919. The third-order valence-corrected chi connectivity index (χ3v) is 3.94. The molecule has 7 nitrogen and oxygen atoms in total. The molecule has 1 aliphatic heterocycles. The molecule has 1 saturated heterocycles. The van der Waals surface area contributed by atoms with E-state index in [1.165, 1.54) is 6.33 Å². The predicted molar refractivity (Wildman–Crippen MR) is 79.8 cm³/mol. The Balaban J connectivity index is 1.71. The SMILES string of the molecule is Cc1cc(C(=O)N[C@@H](C)[C@@H]2CCCO2)ccc1-n1cnnn1. The molecular weight excluding hydrogens is 282 g/mol. The Bertz CT molecular complexity index is 650. The van der Waals surface area contributed by atoms with Crippen LogP contribution < -0.4 is 5.32 Å². The van der Waals surface area contributed by atoms with Crippen molar-refractivity contribution in [2.24, 2.45) is 0 Å². The van der Waals surface area contributed by atoms with Crippen LogP contribution in [0.25, 0.3) is 5.69 Å². The summed E-state index contributed by atoms with van der Waals surface area (Å²) in [6.07, 6.45) is 3.70. The molecule has 116 valence electrons. The van der Waals surface area contributed by atoms with Crippen molar-refractivity contribution in [1.29, 1.82) is 0 Å². The van der Waals surface area contributed by atoms with Gasteiger partial charge in [-0.05, 0) is 60.9 Å². The summed E-state index contributed by atoms with van der Waals surface area (Å²) in [5.41, 5.74) is 2.41. The van der Waals surface area contributed by atoms with Gasteiger partial charge in [-0.15, -0.1) is 5.10 Å². The molecule has 0 bridgehead atoms. The number of hydrogen-bond donors (Lipinski definition) is 1. The number of nitrogens with zero attached hydrogens (tertiary/aromatic N) is 4. The summed E-state index contributed by atoms with van der Waals surface area (Å²) < 4.78 is 7.18. The lowest BCUT2D eigenvalue weighted by Crippen LogP contribution is -2.40. The van der Waals surface area contributed by atoms with Crippen molar-refractivity contribution in [3.05, 3.63) is 35.7 Å². The van der Waals surface area contributed by atoms with Gasteiger partial charge in [-0.3, -0.25) is 4.79 Å². The van der Waals surface area contributed by atoms with Crippen LogP contribution in [-0.2, 0) is 4.74 Å². The summed E-state index contributed by atoms with van der Waals surface area (Å²) in [6.45, 7) is 4.69. The summed E-state index contributed by atoms with van der Waals surface area (Å²) in [4.78, 5) is 12.3. The van der Waals surface area contributed by atoms with Gasteiger partial charge in [-0.2, -0.15) is 0 Å². The maximum Gasteiger partial charge on any atom is 0.251 e. The van der Waals surface area contributed by atoms with E-state index in [1.807, 2.05) is 26.0 Å². The topological polar surface area (TPSA) is 81.9 Å². The molecular formula is C15H19N5O2. The van der Waals surface area contributed by atoms with E-state index in [-0.39, 0.29) is 18.1 Å². The zero-order chi connectivity index (χ0) is 15.5. The first-order valence-electron chi connectivity index (χ1n) is 7.41. The van der Waals surface area contributed by atoms with Gasteiger partial charge in [0, 0.05) is 12.2 Å². The Morgan fingerprint density at radius 1 is 1.50 bits per heavy atom. The number of aromatic nitrogens is 4. The second kappa shape index (κ2) is 6.23. The number of carbonyl (C=O) groups excluding carboxylic acids is 1. The van der Waals surface area contributed by atoms with Crippen molar-refractivity contribution in [2.75, 3.05) is 6.61 Å². The number of carbonyl (C=O) groups is 1. The van der Waals surface area contributed by atoms with E-state index in [0.29, 0.717) is 5.56 Å². The molecule has 0 spiro atoms. The highest BCUT2D eigenvalue weighted by Crippen LogP contribution is 2.17. The molecule has 0 unspecified atom stereocenters. The van der Waals surface area contributed by atoms with E-state index in [9.17, 15) is 4.79 Å². The van der Waals surface area contributed by atoms with Crippen LogP contribution >= 0.6 is 0 Å². The molecule has 0 saturated carbocycles. The fourth-order valence-corrected chi connectivity index (χ4v) is 2.71. The number of amides is 1. The van der Waals surface area contributed by atoms with Gasteiger partial charge >= 0.3 is 0 Å². The lowest BCUT2D eigenvalue weighted by molar-refractivity contribution is 0.0712. The maximum atomic E-state index is 12.3. The van der Waals surface area contributed by atoms with Gasteiger partial charge in [-0.25, -0.2) is 4.68 Å². The molecule has 1 aromatic heterocycles. The lowest BCUT2D eigenvalue weighted by Gasteiger charge is -2.20. The minimum absolute atomic E-state index is 0.00879. The Kier molecular flexibility index (Phi) is 4.15. The first-order valence-corrected chi connectivity index (χ1v) is 7.41. The number of ether oxygens (including phenoxy) is 1. The molecule has 2 aromatic rings. The monoisotopic (exact) mass is 301 g/mol. The van der Waals surface area contributed by atoms with Gasteiger partial charge in [0.05, 0.1) is 17.8 Å². The average Bonchev–Trinajstić information content (AvgIpc) is 3.20. The minimum Gasteiger partial charge on any atom is -0.376 e. The molecule has 0 aliphatic carbocycles. The molecule has 2 atom stereocenters. The summed E-state index contributed by atoms with van der Waals surface area (Å²) >= 11 is 0. The summed E-state index contributed by atoms with van der Waals surface area (Å²) in [5.74, 6) is -0.0886. The largest absolute Gasteiger partial charge is 0.376 e. The molecule has 1 aromatic carbocycles. The van der Waals surface area contributed by atoms with E-state index in [1.54, 1.807) is 10.7 Å². The summed E-state index contributed by atoms with van der Waals surface area (Å²) in [6, 6.07) is 5.47. The highest BCUT2D eigenvalue weighted by Gasteiger charge is 2.24. The maximum absolute atomic E-state index is 12.3. The van der Waals surface area contributed by atoms with Crippen LogP contribution in [0.15, 0.2) is 24.5 Å². The molecule has 1 aliphatic rings. The highest BCUT2D eigenvalue weighted by molar-refractivity contribution is 5.94. The van der Waals surface area contributed by atoms with Crippen LogP contribution in [0.3, 0.4) is 0 Å². The van der Waals surface area contributed by atoms with Gasteiger partial charge in [0.15, 0.2) is 0 Å². The molecule has 1 amide bonds. The number of tetrazole rings is 1. The van der Waals surface area contributed by atoms with Crippen LogP contribution in [0.4, 0.5) is 0 Å². The van der Waals surface area contributed by atoms with Crippen molar-refractivity contribution < 1.29 is 9.53 Å². The molecule has 7 heteroatoms. The van der Waals surface area contributed by atoms with Crippen molar-refractivity contribution in [2.45, 2.75) is 38.8 Å². The number of aryl methyl sites for hydroxylation is 1. The Morgan fingerprint density at radius 3 is 3.00 bits per heavy atom. The van der Waals surface area contributed by atoms with Crippen molar-refractivity contribution in [3.63, 3.8) is 0 Å². The van der Waals surface area contributed by atoms with Gasteiger partial charge in [0.1, 0.15) is 6.33 Å². The van der Waals surface area contributed by atoms with Crippen LogP contribution in [0, 0.1) is 6.92 Å². The van der Waals surface area contributed by atoms with Crippen molar-refractivity contribution in [1.82, 2.24) is 25.5 Å². The van der Waals surface area contributed by atoms with Crippen LogP contribution in [0.1, 0.15) is 35.7 Å². The first-order chi connectivity index (χ1) is 10.6. The van der Waals surface area contributed by atoms with Gasteiger partial charge < -0.3 is 10.1 Å². The third kappa shape index (κ3) is 2.99. The van der Waals surface area contributed by atoms with E-state index in [2.05, 4.69) is 20.8 Å². The normalized spacial score (nSPS) is 19.1. The summed E-state index contributed by atoms with van der Waals surface area (Å²) in [7, 11) is 0. The molecule has 22 heavy (non-hydrogen) atoms. The Hall–Kier alpha value is -2.28. The standard InChI is InChI=1S/C15H19N5O2/c1-10-8-12(5-6-13(10)20-9-16-18-19-20)15(21)17-11(2)14-4-3-7-22-14/h5-6,8-9,11,14H,3-4,7H2,1-2H3,(H,17,21)/t11-,14-/m0/s1. The predicted octanol–water partition coefficient (Wildman–Crippen LogP) is 1.27. The highest BCUT2D eigenvalue weighted by atomic mass is 16.5. The number of nitrogens with one attached hydrogen (secondary N) is 1. The zero-order valence-corrected chi connectivity index (χ0v) is 12.7. The fraction of sp³-hybridized carbons (Fsp3) is 0.467. The van der Waals surface area contributed by atoms with Crippen molar-refractivity contribution >= 4 is 5.91 Å². The molecule has 3 rings (SSSR count). The summed E-state index contributed by atoms with van der Waals surface area (Å²) in [5, 5.41) is 14.1. The van der Waals surface area contributed by atoms with E-state index in [0.717, 1.165) is 30.7 Å². The number of hydrogen-bond acceptors (Lipinski definition) is 5. The second-order valence-electron chi connectivity index (χ2n) is 5.57. The average molecular weight is 301 g/mol. The molecule has 0 radical (unpaired) electrons. The van der Waals surface area contributed by atoms with Crippen LogP contribution in [0.5, 0.6) is 0 Å². The molecule has 1 N–H and O–H groups in total. The smallest absolute Gasteiger partial charge is 0.251 e. The van der Waals surface area contributed by atoms with E-state index < -0.39 is 0 Å². The number of benzene rings is 1. The van der Waals surface area contributed by atoms with Crippen LogP contribution in [-0.4, -0.2) is 44.9 Å². The molecule has 2 heterocycles. The first kappa shape index (κ1) is 14.6.